The monoisotopic (exact) mass is 1080 g/mol. The number of carbonyl (C=O) groups is 2. The van der Waals surface area contributed by atoms with Crippen molar-refractivity contribution in [1.82, 2.24) is 5.32 Å². The first-order valence-electron chi connectivity index (χ1n) is 30.7. The van der Waals surface area contributed by atoms with Gasteiger partial charge in [-0.3, -0.25) is 9.59 Å². The Kier molecular flexibility index (Phi) is 49.1. The number of rotatable bonds is 50. The molecule has 1 rings (SSSR count). The third kappa shape index (κ3) is 41.1. The SMILES string of the molecule is CC/C=C\C/C=C\C/C=C\C/C=C\C/C=C\CCCC(=O)OC1C(OCC(NC(=O)C(O)CCCCCCCCC/C=C\C/C=C\C/C=C\CCCCC)C(O)/C=C/CCCCCCCCCCC)OC(CO)C(O)C1O. The molecule has 440 valence electrons. The van der Waals surface area contributed by atoms with Gasteiger partial charge in [0.15, 0.2) is 12.4 Å². The lowest BCUT2D eigenvalue weighted by Crippen LogP contribution is -2.61. The molecule has 8 unspecified atom stereocenters. The van der Waals surface area contributed by atoms with Gasteiger partial charge in [0.2, 0.25) is 5.91 Å². The minimum absolute atomic E-state index is 0.0388. The highest BCUT2D eigenvalue weighted by Crippen LogP contribution is 2.26. The fourth-order valence-corrected chi connectivity index (χ4v) is 8.81. The van der Waals surface area contributed by atoms with Crippen molar-refractivity contribution >= 4 is 11.9 Å². The molecule has 8 atom stereocenters. The Labute approximate surface area is 468 Å². The van der Waals surface area contributed by atoms with E-state index in [0.717, 1.165) is 103 Å². The number of amides is 1. The standard InChI is InChI=1S/C66H111NO10/c1-4-7-10-13-16-19-22-24-26-28-29-30-32-33-35-38-41-44-47-50-53-59(70)65(74)67-57(58(69)52-49-46-43-40-37-21-18-15-12-9-6-3)56-75-66-64(63(73)62(72)60(55-68)76-66)77-61(71)54-51-48-45-42-39-36-34-31-27-25-23-20-17-14-11-8-5-2/h8,11,16-17,19-20,24-27,29-30,34,36,42,45,49,52,57-60,62-64,66,68-70,72-73H,4-7,9-10,12-15,18,21-23,28,31-33,35,37-41,43-44,46-48,50-51,53-56H2,1-3H3,(H,67,74)/b11-8-,19-16-,20-17-,26-24-,27-25-,30-29-,36-34-,45-42-,52-49+. The van der Waals surface area contributed by atoms with Crippen LogP contribution in [-0.2, 0) is 23.8 Å². The van der Waals surface area contributed by atoms with Crippen molar-refractivity contribution in [3.05, 3.63) is 109 Å². The molecule has 1 fully saturated rings. The normalized spacial score (nSPS) is 19.8. The summed E-state index contributed by atoms with van der Waals surface area (Å²) in [6.45, 7) is 5.59. The van der Waals surface area contributed by atoms with Crippen molar-refractivity contribution in [2.45, 2.75) is 282 Å². The first-order chi connectivity index (χ1) is 37.7. The molecule has 1 aliphatic rings. The molecule has 0 aliphatic carbocycles. The minimum atomic E-state index is -1.64. The average Bonchev–Trinajstić information content (AvgIpc) is 3.43. The van der Waals surface area contributed by atoms with Crippen molar-refractivity contribution in [3.8, 4) is 0 Å². The van der Waals surface area contributed by atoms with Crippen LogP contribution in [0.1, 0.15) is 233 Å². The summed E-state index contributed by atoms with van der Waals surface area (Å²) in [7, 11) is 0. The molecular formula is C66H111NO10. The van der Waals surface area contributed by atoms with E-state index in [1.54, 1.807) is 6.08 Å². The fraction of sp³-hybridized carbons (Fsp3) is 0.697. The van der Waals surface area contributed by atoms with Gasteiger partial charge in [-0.15, -0.1) is 0 Å². The molecule has 0 aromatic carbocycles. The van der Waals surface area contributed by atoms with E-state index in [1.165, 1.54) is 77.0 Å². The zero-order chi connectivity index (χ0) is 56.1. The van der Waals surface area contributed by atoms with E-state index in [0.29, 0.717) is 19.3 Å². The molecule has 1 aliphatic heterocycles. The lowest BCUT2D eigenvalue weighted by Gasteiger charge is -2.41. The largest absolute Gasteiger partial charge is 0.454 e. The fourth-order valence-electron chi connectivity index (χ4n) is 8.81. The summed E-state index contributed by atoms with van der Waals surface area (Å²) in [6.07, 6.45) is 61.3. The molecule has 1 saturated heterocycles. The molecule has 0 radical (unpaired) electrons. The highest BCUT2D eigenvalue weighted by molar-refractivity contribution is 5.80. The van der Waals surface area contributed by atoms with Gasteiger partial charge in [-0.2, -0.15) is 0 Å². The van der Waals surface area contributed by atoms with E-state index < -0.39 is 67.4 Å². The molecular weight excluding hydrogens is 967 g/mol. The van der Waals surface area contributed by atoms with E-state index in [4.69, 9.17) is 14.2 Å². The Morgan fingerprint density at radius 2 is 0.935 bits per heavy atom. The molecule has 1 amide bonds. The third-order valence-electron chi connectivity index (χ3n) is 13.7. The van der Waals surface area contributed by atoms with Gasteiger partial charge in [0.05, 0.1) is 25.4 Å². The summed E-state index contributed by atoms with van der Waals surface area (Å²) in [5.41, 5.74) is 0. The number of esters is 1. The van der Waals surface area contributed by atoms with E-state index >= 15 is 0 Å². The maximum Gasteiger partial charge on any atom is 0.306 e. The summed E-state index contributed by atoms with van der Waals surface area (Å²) < 4.78 is 17.5. The predicted molar refractivity (Wildman–Crippen MR) is 319 cm³/mol. The van der Waals surface area contributed by atoms with Crippen LogP contribution >= 0.6 is 0 Å². The van der Waals surface area contributed by atoms with Crippen LogP contribution in [0, 0.1) is 0 Å². The second-order valence-electron chi connectivity index (χ2n) is 20.7. The maximum atomic E-state index is 13.4. The summed E-state index contributed by atoms with van der Waals surface area (Å²) in [6, 6.07) is -1.05. The summed E-state index contributed by atoms with van der Waals surface area (Å²) in [4.78, 5) is 26.5. The van der Waals surface area contributed by atoms with Gasteiger partial charge < -0.3 is 45.1 Å². The Morgan fingerprint density at radius 1 is 0.519 bits per heavy atom. The second-order valence-corrected chi connectivity index (χ2v) is 20.7. The van der Waals surface area contributed by atoms with Crippen LogP contribution in [0.15, 0.2) is 109 Å². The van der Waals surface area contributed by atoms with Gasteiger partial charge in [0.25, 0.3) is 0 Å². The molecule has 0 spiro atoms. The van der Waals surface area contributed by atoms with Crippen molar-refractivity contribution < 1.29 is 49.3 Å². The van der Waals surface area contributed by atoms with Crippen molar-refractivity contribution in [2.24, 2.45) is 0 Å². The lowest BCUT2D eigenvalue weighted by molar-refractivity contribution is -0.305. The molecule has 77 heavy (non-hydrogen) atoms. The number of allylic oxidation sites excluding steroid dienone is 17. The van der Waals surface area contributed by atoms with Crippen LogP contribution in [0.3, 0.4) is 0 Å². The van der Waals surface area contributed by atoms with Crippen molar-refractivity contribution in [1.29, 1.82) is 0 Å². The predicted octanol–water partition coefficient (Wildman–Crippen LogP) is 14.5. The molecule has 0 aromatic rings. The van der Waals surface area contributed by atoms with Gasteiger partial charge in [-0.05, 0) is 103 Å². The van der Waals surface area contributed by atoms with E-state index in [-0.39, 0.29) is 19.4 Å². The lowest BCUT2D eigenvalue weighted by atomic mass is 9.99. The van der Waals surface area contributed by atoms with Crippen LogP contribution in [-0.4, -0.2) is 99.6 Å². The number of unbranched alkanes of at least 4 members (excludes halogenated alkanes) is 20. The number of carbonyl (C=O) groups excluding carboxylic acids is 2. The average molecular weight is 1080 g/mol. The Bertz CT molecular complexity index is 1660. The molecule has 0 aromatic heterocycles. The van der Waals surface area contributed by atoms with Crippen LogP contribution in [0.25, 0.3) is 0 Å². The number of hydrogen-bond acceptors (Lipinski definition) is 10. The molecule has 11 nitrogen and oxygen atoms in total. The Hall–Kier alpha value is -3.68. The van der Waals surface area contributed by atoms with E-state index in [9.17, 15) is 35.1 Å². The smallest absolute Gasteiger partial charge is 0.306 e. The highest BCUT2D eigenvalue weighted by Gasteiger charge is 2.47. The first kappa shape index (κ1) is 71.3. The van der Waals surface area contributed by atoms with Crippen molar-refractivity contribution in [2.75, 3.05) is 13.2 Å². The van der Waals surface area contributed by atoms with Crippen LogP contribution in [0.2, 0.25) is 0 Å². The van der Waals surface area contributed by atoms with Crippen molar-refractivity contribution in [3.63, 3.8) is 0 Å². The van der Waals surface area contributed by atoms with Crippen LogP contribution < -0.4 is 5.32 Å². The molecule has 1 heterocycles. The summed E-state index contributed by atoms with van der Waals surface area (Å²) >= 11 is 0. The van der Waals surface area contributed by atoms with E-state index in [1.807, 2.05) is 18.2 Å². The maximum absolute atomic E-state index is 13.4. The third-order valence-corrected chi connectivity index (χ3v) is 13.7. The number of nitrogens with one attached hydrogen (secondary N) is 1. The number of hydrogen-bond donors (Lipinski definition) is 6. The Morgan fingerprint density at radius 3 is 1.43 bits per heavy atom. The summed E-state index contributed by atoms with van der Waals surface area (Å²) in [5, 5.41) is 56.9. The zero-order valence-electron chi connectivity index (χ0n) is 48.5. The van der Waals surface area contributed by atoms with Gasteiger partial charge in [0.1, 0.15) is 24.4 Å². The minimum Gasteiger partial charge on any atom is -0.454 e. The number of ether oxygens (including phenoxy) is 3. The second kappa shape index (κ2) is 53.0. The van der Waals surface area contributed by atoms with Gasteiger partial charge in [-0.1, -0.05) is 233 Å². The van der Waals surface area contributed by atoms with Crippen LogP contribution in [0.5, 0.6) is 0 Å². The quantitative estimate of drug-likeness (QED) is 0.0195. The first-order valence-corrected chi connectivity index (χ1v) is 30.7. The highest BCUT2D eigenvalue weighted by atomic mass is 16.7. The topological polar surface area (TPSA) is 175 Å². The molecule has 11 heteroatoms. The van der Waals surface area contributed by atoms with Crippen LogP contribution in [0.4, 0.5) is 0 Å². The van der Waals surface area contributed by atoms with Gasteiger partial charge >= 0.3 is 5.97 Å². The van der Waals surface area contributed by atoms with E-state index in [2.05, 4.69) is 111 Å². The Balaban J connectivity index is 2.71. The molecule has 6 N–H and O–H groups in total. The number of aliphatic hydroxyl groups excluding tert-OH is 5. The number of aliphatic hydroxyl groups is 5. The van der Waals surface area contributed by atoms with Gasteiger partial charge in [-0.25, -0.2) is 0 Å². The van der Waals surface area contributed by atoms with Gasteiger partial charge in [0, 0.05) is 6.42 Å². The summed E-state index contributed by atoms with van der Waals surface area (Å²) in [5.74, 6) is -1.27. The zero-order valence-corrected chi connectivity index (χ0v) is 48.5. The molecule has 0 bridgehead atoms. The molecule has 0 saturated carbocycles.